The average molecular weight is 552 g/mol. The second-order valence-electron chi connectivity index (χ2n) is 9.87. The lowest BCUT2D eigenvalue weighted by molar-refractivity contribution is -0.130. The average Bonchev–Trinajstić information content (AvgIpc) is 3.00. The lowest BCUT2D eigenvalue weighted by Crippen LogP contribution is -2.35. The van der Waals surface area contributed by atoms with Crippen molar-refractivity contribution in [3.05, 3.63) is 45.4 Å². The number of methoxy groups -OCH3 is 2. The third kappa shape index (κ3) is 7.59. The van der Waals surface area contributed by atoms with Gasteiger partial charge in [0.1, 0.15) is 0 Å². The molecule has 0 bridgehead atoms. The number of nitrogens with zero attached hydrogens (tertiary/aromatic N) is 4. The van der Waals surface area contributed by atoms with Gasteiger partial charge in [0.05, 0.1) is 36.4 Å². The molecule has 0 fully saturated rings. The van der Waals surface area contributed by atoms with Crippen molar-refractivity contribution in [3.63, 3.8) is 0 Å². The summed E-state index contributed by atoms with van der Waals surface area (Å²) in [5, 5.41) is 1.31. The standard InChI is InChI=1S/C28H40Cl2N4O3/c1-31(2)28-23(29)18-22(19-24(28)30)33(4)12-7-10-32(3)11-8-13-34-14-9-20-15-25(36-5)26(37-6)16-21(20)17-27(34)35/h15-16,18-19H,7-14,17H2,1-6H3. The Balaban J connectivity index is 1.43. The molecule has 3 rings (SSSR count). The molecule has 0 saturated carbocycles. The summed E-state index contributed by atoms with van der Waals surface area (Å²) in [5.74, 6) is 1.56. The molecular formula is C28H40Cl2N4O3. The molecule has 1 heterocycles. The van der Waals surface area contributed by atoms with Gasteiger partial charge in [-0.2, -0.15) is 0 Å². The van der Waals surface area contributed by atoms with E-state index >= 15 is 0 Å². The molecule has 9 heteroatoms. The van der Waals surface area contributed by atoms with Crippen molar-refractivity contribution in [2.45, 2.75) is 25.7 Å². The predicted molar refractivity (Wildman–Crippen MR) is 154 cm³/mol. The number of amides is 1. The zero-order chi connectivity index (χ0) is 27.1. The van der Waals surface area contributed by atoms with Gasteiger partial charge in [0.2, 0.25) is 5.91 Å². The summed E-state index contributed by atoms with van der Waals surface area (Å²) in [6, 6.07) is 7.89. The zero-order valence-electron chi connectivity index (χ0n) is 22.9. The van der Waals surface area contributed by atoms with Gasteiger partial charge in [0, 0.05) is 46.5 Å². The van der Waals surface area contributed by atoms with E-state index in [1.807, 2.05) is 48.2 Å². The summed E-state index contributed by atoms with van der Waals surface area (Å²) in [5.41, 5.74) is 4.05. The Bertz CT molecular complexity index is 1060. The summed E-state index contributed by atoms with van der Waals surface area (Å²) in [6.07, 6.45) is 3.19. The number of hydrogen-bond acceptors (Lipinski definition) is 6. The number of benzene rings is 2. The molecular weight excluding hydrogens is 511 g/mol. The van der Waals surface area contributed by atoms with Crippen LogP contribution in [0.2, 0.25) is 10.0 Å². The van der Waals surface area contributed by atoms with Crippen LogP contribution in [0.3, 0.4) is 0 Å². The van der Waals surface area contributed by atoms with Crippen molar-refractivity contribution in [1.29, 1.82) is 0 Å². The summed E-state index contributed by atoms with van der Waals surface area (Å²) in [6.45, 7) is 4.31. The first-order valence-corrected chi connectivity index (χ1v) is 13.5. The number of anilines is 2. The fourth-order valence-electron chi connectivity index (χ4n) is 4.80. The van der Waals surface area contributed by atoms with E-state index in [4.69, 9.17) is 32.7 Å². The van der Waals surface area contributed by atoms with Crippen LogP contribution in [0.5, 0.6) is 11.5 Å². The molecule has 1 aliphatic rings. The highest BCUT2D eigenvalue weighted by Crippen LogP contribution is 2.36. The Hall–Kier alpha value is -2.35. The molecule has 0 radical (unpaired) electrons. The maximum atomic E-state index is 12.9. The fraction of sp³-hybridized carbons (Fsp3) is 0.536. The maximum Gasteiger partial charge on any atom is 0.227 e. The third-order valence-electron chi connectivity index (χ3n) is 6.94. The van der Waals surface area contributed by atoms with Crippen LogP contribution < -0.4 is 19.3 Å². The van der Waals surface area contributed by atoms with Gasteiger partial charge < -0.3 is 29.1 Å². The summed E-state index contributed by atoms with van der Waals surface area (Å²) in [7, 11) is 11.3. The molecule has 1 aliphatic heterocycles. The lowest BCUT2D eigenvalue weighted by atomic mass is 10.0. The van der Waals surface area contributed by atoms with E-state index in [-0.39, 0.29) is 5.91 Å². The van der Waals surface area contributed by atoms with Crippen LogP contribution in [0.1, 0.15) is 24.0 Å². The van der Waals surface area contributed by atoms with Crippen LogP contribution in [-0.2, 0) is 17.6 Å². The predicted octanol–water partition coefficient (Wildman–Crippen LogP) is 4.85. The van der Waals surface area contributed by atoms with E-state index in [0.29, 0.717) is 28.0 Å². The van der Waals surface area contributed by atoms with E-state index in [0.717, 1.165) is 74.5 Å². The molecule has 0 aliphatic carbocycles. The number of ether oxygens (including phenoxy) is 2. The normalized spacial score (nSPS) is 13.4. The first-order valence-electron chi connectivity index (χ1n) is 12.7. The third-order valence-corrected chi connectivity index (χ3v) is 7.52. The van der Waals surface area contributed by atoms with Crippen LogP contribution in [0.15, 0.2) is 24.3 Å². The smallest absolute Gasteiger partial charge is 0.227 e. The number of rotatable bonds is 12. The minimum Gasteiger partial charge on any atom is -0.493 e. The minimum absolute atomic E-state index is 0.174. The highest BCUT2D eigenvalue weighted by atomic mass is 35.5. The zero-order valence-corrected chi connectivity index (χ0v) is 24.5. The molecule has 2 aromatic carbocycles. The van der Waals surface area contributed by atoms with Gasteiger partial charge >= 0.3 is 0 Å². The van der Waals surface area contributed by atoms with Crippen LogP contribution >= 0.6 is 23.2 Å². The van der Waals surface area contributed by atoms with Crippen molar-refractivity contribution in [3.8, 4) is 11.5 Å². The highest BCUT2D eigenvalue weighted by Gasteiger charge is 2.22. The Morgan fingerprint density at radius 1 is 0.865 bits per heavy atom. The van der Waals surface area contributed by atoms with Gasteiger partial charge in [-0.1, -0.05) is 23.2 Å². The van der Waals surface area contributed by atoms with Gasteiger partial charge in [-0.05, 0) is 74.8 Å². The Kier molecular flexibility index (Phi) is 10.6. The molecule has 7 nitrogen and oxygen atoms in total. The van der Waals surface area contributed by atoms with E-state index in [1.54, 1.807) is 14.2 Å². The van der Waals surface area contributed by atoms with Crippen molar-refractivity contribution >= 4 is 40.5 Å². The van der Waals surface area contributed by atoms with Crippen molar-refractivity contribution in [2.75, 3.05) is 84.9 Å². The Morgan fingerprint density at radius 2 is 1.46 bits per heavy atom. The number of hydrogen-bond donors (Lipinski definition) is 0. The van der Waals surface area contributed by atoms with Gasteiger partial charge in [-0.25, -0.2) is 0 Å². The van der Waals surface area contributed by atoms with E-state index in [9.17, 15) is 4.79 Å². The minimum atomic E-state index is 0.174. The van der Waals surface area contributed by atoms with Crippen LogP contribution in [0, 0.1) is 0 Å². The number of carbonyl (C=O) groups is 1. The molecule has 0 saturated heterocycles. The van der Waals surface area contributed by atoms with Crippen molar-refractivity contribution in [2.24, 2.45) is 0 Å². The Labute approximate surface area is 231 Å². The molecule has 2 aromatic rings. The molecule has 0 N–H and O–H groups in total. The molecule has 204 valence electrons. The van der Waals surface area contributed by atoms with E-state index in [1.165, 1.54) is 0 Å². The number of fused-ring (bicyclic) bond motifs is 1. The second-order valence-corrected chi connectivity index (χ2v) is 10.7. The topological polar surface area (TPSA) is 48.5 Å². The van der Waals surface area contributed by atoms with E-state index in [2.05, 4.69) is 23.9 Å². The lowest BCUT2D eigenvalue weighted by Gasteiger charge is -2.25. The fourth-order valence-corrected chi connectivity index (χ4v) is 5.62. The van der Waals surface area contributed by atoms with E-state index < -0.39 is 0 Å². The first-order chi connectivity index (χ1) is 17.6. The maximum absolute atomic E-state index is 12.9. The molecule has 0 spiro atoms. The van der Waals surface area contributed by atoms with Gasteiger partial charge in [0.25, 0.3) is 0 Å². The van der Waals surface area contributed by atoms with Crippen LogP contribution in [0.25, 0.3) is 0 Å². The first kappa shape index (κ1) is 29.2. The molecule has 37 heavy (non-hydrogen) atoms. The number of carbonyl (C=O) groups excluding carboxylic acids is 1. The highest BCUT2D eigenvalue weighted by molar-refractivity contribution is 6.39. The summed E-state index contributed by atoms with van der Waals surface area (Å²) >= 11 is 12.9. The van der Waals surface area contributed by atoms with Crippen molar-refractivity contribution < 1.29 is 14.3 Å². The number of halogens is 2. The van der Waals surface area contributed by atoms with Gasteiger partial charge in [-0.15, -0.1) is 0 Å². The van der Waals surface area contributed by atoms with Gasteiger partial charge in [-0.3, -0.25) is 4.79 Å². The molecule has 0 unspecified atom stereocenters. The van der Waals surface area contributed by atoms with Crippen LogP contribution in [0.4, 0.5) is 11.4 Å². The SMILES string of the molecule is COc1cc2c(cc1OC)CC(=O)N(CCCN(C)CCCN(C)c1cc(Cl)c(N(C)C)c(Cl)c1)CC2. The monoisotopic (exact) mass is 550 g/mol. The van der Waals surface area contributed by atoms with Gasteiger partial charge in [0.15, 0.2) is 11.5 Å². The molecule has 1 amide bonds. The summed E-state index contributed by atoms with van der Waals surface area (Å²) < 4.78 is 10.9. The molecule has 0 atom stereocenters. The molecule has 0 aromatic heterocycles. The quantitative estimate of drug-likeness (QED) is 0.376. The van der Waals surface area contributed by atoms with Crippen molar-refractivity contribution in [1.82, 2.24) is 9.80 Å². The van der Waals surface area contributed by atoms with Crippen LogP contribution in [-0.4, -0.2) is 90.8 Å². The second kappa shape index (κ2) is 13.4. The summed E-state index contributed by atoms with van der Waals surface area (Å²) in [4.78, 5) is 21.3. The largest absolute Gasteiger partial charge is 0.493 e. The Morgan fingerprint density at radius 3 is 2.05 bits per heavy atom.